The maximum atomic E-state index is 10.7. The third-order valence-electron chi connectivity index (χ3n) is 2.94. The predicted molar refractivity (Wildman–Crippen MR) is 63.4 cm³/mol. The Labute approximate surface area is 94.1 Å². The van der Waals surface area contributed by atoms with E-state index in [0.717, 1.165) is 11.9 Å². The summed E-state index contributed by atoms with van der Waals surface area (Å²) >= 11 is 0. The average molecular weight is 217 g/mol. The van der Waals surface area contributed by atoms with Gasteiger partial charge in [0.15, 0.2) is 0 Å². The molecule has 1 atom stereocenters. The number of carboxylic acids is 1. The fourth-order valence-corrected chi connectivity index (χ4v) is 1.85. The summed E-state index contributed by atoms with van der Waals surface area (Å²) in [6.07, 6.45) is 3.38. The molecule has 1 aromatic heterocycles. The largest absolute Gasteiger partial charge is 0.481 e. The van der Waals surface area contributed by atoms with Gasteiger partial charge in [-0.3, -0.25) is 4.79 Å². The van der Waals surface area contributed by atoms with Gasteiger partial charge in [0, 0.05) is 11.7 Å². The number of H-pyrrole nitrogens is 1. The lowest BCUT2D eigenvalue weighted by atomic mass is 10.00. The molecular formula is C13H15NO2. The summed E-state index contributed by atoms with van der Waals surface area (Å²) in [6.45, 7) is 1.75. The van der Waals surface area contributed by atoms with Crippen LogP contribution in [-0.4, -0.2) is 16.1 Å². The van der Waals surface area contributed by atoms with Crippen molar-refractivity contribution >= 4 is 16.9 Å². The van der Waals surface area contributed by atoms with Crippen molar-refractivity contribution < 1.29 is 9.90 Å². The number of aliphatic carboxylic acids is 1. The van der Waals surface area contributed by atoms with E-state index in [0.29, 0.717) is 6.42 Å². The van der Waals surface area contributed by atoms with Crippen molar-refractivity contribution in [2.24, 2.45) is 5.92 Å². The number of rotatable bonds is 4. The Morgan fingerprint density at radius 2 is 2.25 bits per heavy atom. The first-order chi connectivity index (χ1) is 7.68. The molecule has 1 unspecified atom stereocenters. The molecule has 0 spiro atoms. The fourth-order valence-electron chi connectivity index (χ4n) is 1.85. The van der Waals surface area contributed by atoms with Crippen molar-refractivity contribution in [3.05, 3.63) is 36.0 Å². The molecule has 0 fully saturated rings. The first-order valence-electron chi connectivity index (χ1n) is 5.46. The van der Waals surface area contributed by atoms with Crippen LogP contribution in [0.3, 0.4) is 0 Å². The number of benzene rings is 1. The molecule has 3 heteroatoms. The minimum absolute atomic E-state index is 0.287. The van der Waals surface area contributed by atoms with Gasteiger partial charge in [0.05, 0.1) is 5.92 Å². The van der Waals surface area contributed by atoms with Crippen LogP contribution < -0.4 is 0 Å². The van der Waals surface area contributed by atoms with Gasteiger partial charge in [0.25, 0.3) is 0 Å². The number of hydrogen-bond acceptors (Lipinski definition) is 1. The summed E-state index contributed by atoms with van der Waals surface area (Å²) in [5.74, 6) is -1.01. The van der Waals surface area contributed by atoms with Crippen molar-refractivity contribution in [1.29, 1.82) is 0 Å². The van der Waals surface area contributed by atoms with E-state index >= 15 is 0 Å². The second kappa shape index (κ2) is 4.39. The number of fused-ring (bicyclic) bond motifs is 1. The first-order valence-corrected chi connectivity index (χ1v) is 5.46. The number of para-hydroxylation sites is 1. The zero-order valence-corrected chi connectivity index (χ0v) is 9.23. The van der Waals surface area contributed by atoms with E-state index < -0.39 is 5.97 Å². The SMILES string of the molecule is CC(CCc1cccc2cc[nH]c12)C(=O)O. The number of carbonyl (C=O) groups is 1. The summed E-state index contributed by atoms with van der Waals surface area (Å²) in [5.41, 5.74) is 2.32. The molecule has 0 aliphatic carbocycles. The Kier molecular flexibility index (Phi) is 2.95. The normalized spacial score (nSPS) is 12.8. The van der Waals surface area contributed by atoms with Crippen LogP contribution in [0.15, 0.2) is 30.5 Å². The van der Waals surface area contributed by atoms with Crippen LogP contribution in [0.25, 0.3) is 10.9 Å². The average Bonchev–Trinajstić information content (AvgIpc) is 2.73. The van der Waals surface area contributed by atoms with E-state index in [1.807, 2.05) is 24.4 Å². The summed E-state index contributed by atoms with van der Waals surface area (Å²) in [4.78, 5) is 13.9. The molecule has 0 aliphatic rings. The maximum Gasteiger partial charge on any atom is 0.306 e. The van der Waals surface area contributed by atoms with E-state index in [1.165, 1.54) is 10.9 Å². The van der Waals surface area contributed by atoms with E-state index in [9.17, 15) is 4.79 Å². The van der Waals surface area contributed by atoms with Crippen molar-refractivity contribution in [1.82, 2.24) is 4.98 Å². The number of aromatic amines is 1. The van der Waals surface area contributed by atoms with Crippen molar-refractivity contribution in [3.63, 3.8) is 0 Å². The van der Waals surface area contributed by atoms with Gasteiger partial charge in [0.2, 0.25) is 0 Å². The number of nitrogens with one attached hydrogen (secondary N) is 1. The zero-order chi connectivity index (χ0) is 11.5. The molecule has 1 heterocycles. The van der Waals surface area contributed by atoms with Crippen molar-refractivity contribution in [2.75, 3.05) is 0 Å². The van der Waals surface area contributed by atoms with Gasteiger partial charge in [-0.05, 0) is 29.9 Å². The third kappa shape index (κ3) is 2.08. The van der Waals surface area contributed by atoms with Crippen LogP contribution in [0.1, 0.15) is 18.9 Å². The van der Waals surface area contributed by atoms with Crippen LogP contribution in [-0.2, 0) is 11.2 Å². The monoisotopic (exact) mass is 217 g/mol. The van der Waals surface area contributed by atoms with Gasteiger partial charge >= 0.3 is 5.97 Å². The smallest absolute Gasteiger partial charge is 0.306 e. The number of aromatic nitrogens is 1. The predicted octanol–water partition coefficient (Wildman–Crippen LogP) is 2.82. The molecule has 2 aromatic rings. The van der Waals surface area contributed by atoms with Crippen molar-refractivity contribution in [2.45, 2.75) is 19.8 Å². The van der Waals surface area contributed by atoms with E-state index in [4.69, 9.17) is 5.11 Å². The van der Waals surface area contributed by atoms with Gasteiger partial charge in [0.1, 0.15) is 0 Å². The number of aryl methyl sites for hydroxylation is 1. The minimum Gasteiger partial charge on any atom is -0.481 e. The Morgan fingerprint density at radius 1 is 1.44 bits per heavy atom. The van der Waals surface area contributed by atoms with Gasteiger partial charge < -0.3 is 10.1 Å². The van der Waals surface area contributed by atoms with Gasteiger partial charge in [-0.25, -0.2) is 0 Å². The lowest BCUT2D eigenvalue weighted by Gasteiger charge is -2.06. The van der Waals surface area contributed by atoms with Gasteiger partial charge in [-0.2, -0.15) is 0 Å². The molecule has 2 N–H and O–H groups in total. The fraction of sp³-hybridized carbons (Fsp3) is 0.308. The molecule has 84 valence electrons. The second-order valence-corrected chi connectivity index (χ2v) is 4.14. The quantitative estimate of drug-likeness (QED) is 0.827. The molecule has 2 rings (SSSR count). The summed E-state index contributed by atoms with van der Waals surface area (Å²) in [7, 11) is 0. The van der Waals surface area contributed by atoms with Crippen LogP contribution in [0.2, 0.25) is 0 Å². The van der Waals surface area contributed by atoms with Crippen LogP contribution >= 0.6 is 0 Å². The lowest BCUT2D eigenvalue weighted by molar-refractivity contribution is -0.141. The van der Waals surface area contributed by atoms with E-state index in [-0.39, 0.29) is 5.92 Å². The highest BCUT2D eigenvalue weighted by Crippen LogP contribution is 2.19. The Bertz CT molecular complexity index is 501. The van der Waals surface area contributed by atoms with E-state index in [2.05, 4.69) is 11.1 Å². The summed E-state index contributed by atoms with van der Waals surface area (Å²) in [5, 5.41) is 10.0. The Morgan fingerprint density at radius 3 is 3.00 bits per heavy atom. The molecule has 0 aliphatic heterocycles. The molecule has 0 saturated carbocycles. The molecule has 0 saturated heterocycles. The van der Waals surface area contributed by atoms with Crippen LogP contribution in [0, 0.1) is 5.92 Å². The first kappa shape index (κ1) is 10.7. The topological polar surface area (TPSA) is 53.1 Å². The summed E-state index contributed by atoms with van der Waals surface area (Å²) in [6, 6.07) is 8.14. The van der Waals surface area contributed by atoms with Crippen molar-refractivity contribution in [3.8, 4) is 0 Å². The molecule has 0 radical (unpaired) electrons. The molecular weight excluding hydrogens is 202 g/mol. The molecule has 0 amide bonds. The van der Waals surface area contributed by atoms with Crippen LogP contribution in [0.5, 0.6) is 0 Å². The summed E-state index contributed by atoms with van der Waals surface area (Å²) < 4.78 is 0. The lowest BCUT2D eigenvalue weighted by Crippen LogP contribution is -2.10. The maximum absolute atomic E-state index is 10.7. The molecule has 1 aromatic carbocycles. The third-order valence-corrected chi connectivity index (χ3v) is 2.94. The molecule has 3 nitrogen and oxygen atoms in total. The molecule has 0 bridgehead atoms. The Balaban J connectivity index is 2.15. The van der Waals surface area contributed by atoms with Gasteiger partial charge in [-0.15, -0.1) is 0 Å². The highest BCUT2D eigenvalue weighted by atomic mass is 16.4. The standard InChI is InChI=1S/C13H15NO2/c1-9(13(15)16)5-6-10-3-2-4-11-7-8-14-12(10)11/h2-4,7-9,14H,5-6H2,1H3,(H,15,16). The van der Waals surface area contributed by atoms with Gasteiger partial charge in [-0.1, -0.05) is 25.1 Å². The zero-order valence-electron chi connectivity index (χ0n) is 9.23. The highest BCUT2D eigenvalue weighted by Gasteiger charge is 2.11. The minimum atomic E-state index is -0.723. The Hall–Kier alpha value is -1.77. The second-order valence-electron chi connectivity index (χ2n) is 4.14. The number of hydrogen-bond donors (Lipinski definition) is 2. The number of carboxylic acid groups (broad SMARTS) is 1. The highest BCUT2D eigenvalue weighted by molar-refractivity contribution is 5.82. The van der Waals surface area contributed by atoms with Crippen LogP contribution in [0.4, 0.5) is 0 Å². The van der Waals surface area contributed by atoms with E-state index in [1.54, 1.807) is 6.92 Å². The molecule has 16 heavy (non-hydrogen) atoms.